The molecule has 1 aromatic rings. The average Bonchev–Trinajstić information content (AvgIpc) is 2.39. The number of hydrogen-bond donors (Lipinski definition) is 1. The van der Waals surface area contributed by atoms with Crippen LogP contribution in [0.2, 0.25) is 0 Å². The fourth-order valence-corrected chi connectivity index (χ4v) is 2.51. The minimum Gasteiger partial charge on any atom is -0.388 e. The number of nitrogens with zero attached hydrogens (tertiary/aromatic N) is 1. The van der Waals surface area contributed by atoms with Crippen LogP contribution in [0, 0.1) is 17.2 Å². The second-order valence-electron chi connectivity index (χ2n) is 4.58. The van der Waals surface area contributed by atoms with Crippen molar-refractivity contribution in [3.05, 3.63) is 35.4 Å². The molecule has 0 heterocycles. The first kappa shape index (κ1) is 11.2. The zero-order chi connectivity index (χ0) is 11.4. The van der Waals surface area contributed by atoms with Gasteiger partial charge in [0.05, 0.1) is 17.7 Å². The number of nitriles is 1. The molecule has 1 aromatic carbocycles. The summed E-state index contributed by atoms with van der Waals surface area (Å²) in [6.45, 7) is 0. The fourth-order valence-electron chi connectivity index (χ4n) is 2.51. The fraction of sp³-hybridized carbons (Fsp3) is 0.500. The second kappa shape index (κ2) is 5.14. The summed E-state index contributed by atoms with van der Waals surface area (Å²) in [4.78, 5) is 0. The maximum atomic E-state index is 10.3. The van der Waals surface area contributed by atoms with E-state index in [1.165, 1.54) is 19.3 Å². The van der Waals surface area contributed by atoms with Gasteiger partial charge in [0.1, 0.15) is 0 Å². The van der Waals surface area contributed by atoms with Gasteiger partial charge in [-0.3, -0.25) is 0 Å². The second-order valence-corrected chi connectivity index (χ2v) is 4.58. The van der Waals surface area contributed by atoms with Crippen LogP contribution in [0.5, 0.6) is 0 Å². The van der Waals surface area contributed by atoms with Crippen molar-refractivity contribution in [3.63, 3.8) is 0 Å². The van der Waals surface area contributed by atoms with E-state index in [1.54, 1.807) is 12.1 Å². The van der Waals surface area contributed by atoms with Crippen molar-refractivity contribution in [1.29, 1.82) is 5.26 Å². The van der Waals surface area contributed by atoms with Crippen LogP contribution >= 0.6 is 0 Å². The van der Waals surface area contributed by atoms with Gasteiger partial charge in [-0.05, 0) is 36.5 Å². The van der Waals surface area contributed by atoms with Crippen molar-refractivity contribution in [2.45, 2.75) is 38.2 Å². The van der Waals surface area contributed by atoms with Crippen LogP contribution in [0.3, 0.4) is 0 Å². The molecule has 0 spiro atoms. The Morgan fingerprint density at radius 2 is 2.00 bits per heavy atom. The van der Waals surface area contributed by atoms with Crippen molar-refractivity contribution < 1.29 is 5.11 Å². The summed E-state index contributed by atoms with van der Waals surface area (Å²) in [5.41, 5.74) is 1.53. The molecule has 1 fully saturated rings. The summed E-state index contributed by atoms with van der Waals surface area (Å²) in [5.74, 6) is 0.377. The van der Waals surface area contributed by atoms with Crippen molar-refractivity contribution in [3.8, 4) is 6.07 Å². The number of rotatable bonds is 2. The Morgan fingerprint density at radius 3 is 2.69 bits per heavy atom. The molecular weight excluding hydrogens is 198 g/mol. The third kappa shape index (κ3) is 2.43. The summed E-state index contributed by atoms with van der Waals surface area (Å²) >= 11 is 0. The number of hydrogen-bond acceptors (Lipinski definition) is 2. The van der Waals surface area contributed by atoms with Crippen LogP contribution in [0.25, 0.3) is 0 Å². The van der Waals surface area contributed by atoms with Crippen LogP contribution in [0.4, 0.5) is 0 Å². The van der Waals surface area contributed by atoms with E-state index in [-0.39, 0.29) is 0 Å². The van der Waals surface area contributed by atoms with Crippen LogP contribution < -0.4 is 0 Å². The monoisotopic (exact) mass is 215 g/mol. The average molecular weight is 215 g/mol. The summed E-state index contributed by atoms with van der Waals surface area (Å²) in [6, 6.07) is 9.46. The topological polar surface area (TPSA) is 44.0 Å². The highest BCUT2D eigenvalue weighted by Crippen LogP contribution is 2.34. The molecule has 0 bridgehead atoms. The highest BCUT2D eigenvalue weighted by molar-refractivity contribution is 5.33. The Hall–Kier alpha value is -1.33. The third-order valence-electron chi connectivity index (χ3n) is 3.45. The maximum Gasteiger partial charge on any atom is 0.0991 e. The number of aliphatic hydroxyl groups is 1. The quantitative estimate of drug-likeness (QED) is 0.823. The Labute approximate surface area is 96.5 Å². The van der Waals surface area contributed by atoms with Gasteiger partial charge in [-0.25, -0.2) is 0 Å². The van der Waals surface area contributed by atoms with Crippen molar-refractivity contribution in [2.24, 2.45) is 5.92 Å². The summed E-state index contributed by atoms with van der Waals surface area (Å²) in [6.07, 6.45) is 5.56. The highest BCUT2D eigenvalue weighted by Gasteiger charge is 2.22. The Balaban J connectivity index is 2.13. The molecule has 0 radical (unpaired) electrons. The van der Waals surface area contributed by atoms with Crippen molar-refractivity contribution in [1.82, 2.24) is 0 Å². The molecule has 1 aliphatic rings. The minimum atomic E-state index is -0.395. The summed E-state index contributed by atoms with van der Waals surface area (Å²) in [5, 5.41) is 19.1. The minimum absolute atomic E-state index is 0.377. The lowest BCUT2D eigenvalue weighted by atomic mass is 9.82. The lowest BCUT2D eigenvalue weighted by molar-refractivity contribution is 0.0848. The van der Waals surface area contributed by atoms with E-state index in [0.717, 1.165) is 18.4 Å². The number of benzene rings is 1. The van der Waals surface area contributed by atoms with Crippen LogP contribution in [-0.4, -0.2) is 5.11 Å². The van der Waals surface area contributed by atoms with Gasteiger partial charge >= 0.3 is 0 Å². The van der Waals surface area contributed by atoms with Gasteiger partial charge in [0.2, 0.25) is 0 Å². The van der Waals surface area contributed by atoms with Crippen LogP contribution in [0.15, 0.2) is 24.3 Å². The molecule has 1 aliphatic carbocycles. The van der Waals surface area contributed by atoms with Gasteiger partial charge in [0.15, 0.2) is 0 Å². The normalized spacial score (nSPS) is 19.0. The van der Waals surface area contributed by atoms with Gasteiger partial charge in [-0.15, -0.1) is 0 Å². The molecular formula is C14H17NO. The largest absolute Gasteiger partial charge is 0.388 e. The first-order valence-electron chi connectivity index (χ1n) is 5.99. The zero-order valence-electron chi connectivity index (χ0n) is 9.39. The van der Waals surface area contributed by atoms with Crippen molar-refractivity contribution >= 4 is 0 Å². The van der Waals surface area contributed by atoms with Gasteiger partial charge in [0.25, 0.3) is 0 Å². The van der Waals surface area contributed by atoms with E-state index >= 15 is 0 Å². The molecule has 0 aromatic heterocycles. The van der Waals surface area contributed by atoms with E-state index in [1.807, 2.05) is 12.1 Å². The lowest BCUT2D eigenvalue weighted by Crippen LogP contribution is -2.15. The Morgan fingerprint density at radius 1 is 1.25 bits per heavy atom. The summed E-state index contributed by atoms with van der Waals surface area (Å²) < 4.78 is 0. The van der Waals surface area contributed by atoms with Gasteiger partial charge in [0, 0.05) is 0 Å². The van der Waals surface area contributed by atoms with Crippen LogP contribution in [-0.2, 0) is 0 Å². The molecule has 0 unspecified atom stereocenters. The molecule has 0 aliphatic heterocycles. The SMILES string of the molecule is N#Cc1cccc([C@@H](O)C2CCCCC2)c1. The third-order valence-corrected chi connectivity index (χ3v) is 3.45. The molecule has 1 atom stereocenters. The lowest BCUT2D eigenvalue weighted by Gasteiger charge is -2.26. The van der Waals surface area contributed by atoms with E-state index in [2.05, 4.69) is 6.07 Å². The van der Waals surface area contributed by atoms with Crippen LogP contribution in [0.1, 0.15) is 49.3 Å². The maximum absolute atomic E-state index is 10.3. The molecule has 2 heteroatoms. The zero-order valence-corrected chi connectivity index (χ0v) is 9.39. The standard InChI is InChI=1S/C14H17NO/c15-10-11-5-4-8-13(9-11)14(16)12-6-2-1-3-7-12/h4-5,8-9,12,14,16H,1-3,6-7H2/t14-/m0/s1. The first-order valence-corrected chi connectivity index (χ1v) is 5.99. The van der Waals surface area contributed by atoms with Crippen molar-refractivity contribution in [2.75, 3.05) is 0 Å². The molecule has 0 amide bonds. The first-order chi connectivity index (χ1) is 7.81. The molecule has 84 valence electrons. The van der Waals surface area contributed by atoms with E-state index in [9.17, 15) is 5.11 Å². The van der Waals surface area contributed by atoms with E-state index < -0.39 is 6.10 Å². The summed E-state index contributed by atoms with van der Waals surface area (Å²) in [7, 11) is 0. The Kier molecular flexibility index (Phi) is 3.58. The molecule has 0 saturated heterocycles. The smallest absolute Gasteiger partial charge is 0.0991 e. The predicted octanol–water partition coefficient (Wildman–Crippen LogP) is 3.17. The highest BCUT2D eigenvalue weighted by atomic mass is 16.3. The predicted molar refractivity (Wildman–Crippen MR) is 62.7 cm³/mol. The molecule has 1 saturated carbocycles. The van der Waals surface area contributed by atoms with Gasteiger partial charge in [-0.2, -0.15) is 5.26 Å². The van der Waals surface area contributed by atoms with Gasteiger partial charge in [-0.1, -0.05) is 31.4 Å². The molecule has 1 N–H and O–H groups in total. The van der Waals surface area contributed by atoms with E-state index in [4.69, 9.17) is 5.26 Å². The van der Waals surface area contributed by atoms with Gasteiger partial charge < -0.3 is 5.11 Å². The molecule has 2 rings (SSSR count). The molecule has 16 heavy (non-hydrogen) atoms. The van der Waals surface area contributed by atoms with E-state index in [0.29, 0.717) is 11.5 Å². The Bertz CT molecular complexity index is 388. The molecule has 2 nitrogen and oxygen atoms in total. The number of aliphatic hydroxyl groups excluding tert-OH is 1.